The van der Waals surface area contributed by atoms with E-state index in [0.29, 0.717) is 37.8 Å². The van der Waals surface area contributed by atoms with Crippen LogP contribution in [0.1, 0.15) is 23.4 Å². The highest BCUT2D eigenvalue weighted by atomic mass is 35.5. The number of carbonyl (C=O) groups is 1. The van der Waals surface area contributed by atoms with E-state index in [-0.39, 0.29) is 25.0 Å². The van der Waals surface area contributed by atoms with Gasteiger partial charge >= 0.3 is 5.97 Å². The van der Waals surface area contributed by atoms with Crippen molar-refractivity contribution in [1.82, 2.24) is 19.4 Å². The number of fused-ring (bicyclic) bond motifs is 1. The summed E-state index contributed by atoms with van der Waals surface area (Å²) in [6.45, 7) is 1.76. The Morgan fingerprint density at radius 1 is 1.33 bits per heavy atom. The van der Waals surface area contributed by atoms with Gasteiger partial charge in [0.25, 0.3) is 5.56 Å². The number of hydrogen-bond acceptors (Lipinski definition) is 6. The molecule has 0 aromatic carbocycles. The number of carbonyl (C=O) groups excluding carboxylic acids is 1. The number of nitrogens with one attached hydrogen (secondary N) is 1. The molecule has 3 aromatic rings. The van der Waals surface area contributed by atoms with Crippen molar-refractivity contribution in [1.29, 1.82) is 0 Å². The van der Waals surface area contributed by atoms with E-state index in [1.54, 1.807) is 29.8 Å². The van der Waals surface area contributed by atoms with Crippen LogP contribution in [0.15, 0.2) is 28.4 Å². The van der Waals surface area contributed by atoms with Gasteiger partial charge in [-0.1, -0.05) is 35.0 Å². The highest BCUT2D eigenvalue weighted by molar-refractivity contribution is 7.98. The van der Waals surface area contributed by atoms with Crippen LogP contribution in [-0.4, -0.2) is 31.6 Å². The van der Waals surface area contributed by atoms with Gasteiger partial charge in [-0.2, -0.15) is 0 Å². The fourth-order valence-electron chi connectivity index (χ4n) is 2.57. The molecule has 3 aromatic heterocycles. The monoisotopic (exact) mass is 426 g/mol. The fraction of sp³-hybridized carbons (Fsp3) is 0.294. The van der Waals surface area contributed by atoms with Crippen LogP contribution in [0.2, 0.25) is 10.0 Å². The van der Waals surface area contributed by atoms with E-state index < -0.39 is 5.97 Å². The molecule has 3 rings (SSSR count). The van der Waals surface area contributed by atoms with Gasteiger partial charge in [-0.3, -0.25) is 9.59 Å². The summed E-state index contributed by atoms with van der Waals surface area (Å²) >= 11 is 13.4. The lowest BCUT2D eigenvalue weighted by molar-refractivity contribution is -0.145. The summed E-state index contributed by atoms with van der Waals surface area (Å²) in [4.78, 5) is 35.4. The second-order valence-electron chi connectivity index (χ2n) is 5.77. The van der Waals surface area contributed by atoms with E-state index in [0.717, 1.165) is 0 Å². The number of aryl methyl sites for hydroxylation is 1. The molecule has 0 aliphatic rings. The van der Waals surface area contributed by atoms with E-state index in [9.17, 15) is 9.59 Å². The number of aromatic amines is 1. The highest BCUT2D eigenvalue weighted by Crippen LogP contribution is 2.22. The van der Waals surface area contributed by atoms with Crippen molar-refractivity contribution in [3.8, 4) is 0 Å². The first-order chi connectivity index (χ1) is 12.9. The maximum Gasteiger partial charge on any atom is 0.306 e. The molecule has 0 aliphatic carbocycles. The Bertz CT molecular complexity index is 1060. The van der Waals surface area contributed by atoms with Gasteiger partial charge in [0.2, 0.25) is 0 Å². The van der Waals surface area contributed by atoms with Crippen molar-refractivity contribution in [2.75, 3.05) is 6.26 Å². The number of thioether (sulfide) groups is 1. The summed E-state index contributed by atoms with van der Waals surface area (Å²) in [5, 5.41) is 1.44. The molecule has 0 saturated carbocycles. The quantitative estimate of drug-likeness (QED) is 0.368. The topological polar surface area (TPSA) is 89.3 Å². The highest BCUT2D eigenvalue weighted by Gasteiger charge is 2.13. The predicted molar refractivity (Wildman–Crippen MR) is 105 cm³/mol. The van der Waals surface area contributed by atoms with Crippen molar-refractivity contribution in [3.63, 3.8) is 0 Å². The summed E-state index contributed by atoms with van der Waals surface area (Å²) in [6, 6.07) is 1.59. The Morgan fingerprint density at radius 2 is 2.11 bits per heavy atom. The summed E-state index contributed by atoms with van der Waals surface area (Å²) < 4.78 is 6.92. The molecule has 0 aliphatic heterocycles. The Kier molecular flexibility index (Phi) is 6.08. The van der Waals surface area contributed by atoms with Crippen LogP contribution in [0.4, 0.5) is 0 Å². The normalized spacial score (nSPS) is 11.1. The number of ether oxygens (including phenoxy) is 1. The van der Waals surface area contributed by atoms with E-state index in [2.05, 4.69) is 15.0 Å². The Balaban J connectivity index is 1.61. The SMILES string of the molecule is CSc1nc(C)c(CCC(=O)OCc2cn3cc(Cl)cc(Cl)c3n2)c(=O)[nH]1. The average molecular weight is 427 g/mol. The van der Waals surface area contributed by atoms with E-state index in [1.807, 2.05) is 6.26 Å². The van der Waals surface area contributed by atoms with Gasteiger partial charge in [0.05, 0.1) is 15.7 Å². The minimum absolute atomic E-state index is 0.00740. The third-order valence-electron chi connectivity index (χ3n) is 3.88. The van der Waals surface area contributed by atoms with Crippen molar-refractivity contribution >= 4 is 46.6 Å². The third-order valence-corrected chi connectivity index (χ3v) is 4.94. The van der Waals surface area contributed by atoms with E-state index in [4.69, 9.17) is 27.9 Å². The number of halogens is 2. The first-order valence-electron chi connectivity index (χ1n) is 7.99. The van der Waals surface area contributed by atoms with Crippen LogP contribution in [-0.2, 0) is 22.6 Å². The molecule has 0 fully saturated rings. The van der Waals surface area contributed by atoms with Crippen LogP contribution in [0.5, 0.6) is 0 Å². The maximum absolute atomic E-state index is 12.1. The zero-order valence-corrected chi connectivity index (χ0v) is 16.9. The second-order valence-corrected chi connectivity index (χ2v) is 7.41. The largest absolute Gasteiger partial charge is 0.459 e. The molecule has 0 amide bonds. The average Bonchev–Trinajstić information content (AvgIpc) is 3.02. The summed E-state index contributed by atoms with van der Waals surface area (Å²) in [6.07, 6.45) is 5.52. The number of aromatic nitrogens is 4. The minimum atomic E-state index is -0.427. The zero-order valence-electron chi connectivity index (χ0n) is 14.6. The molecular weight excluding hydrogens is 411 g/mol. The first-order valence-corrected chi connectivity index (χ1v) is 9.97. The van der Waals surface area contributed by atoms with Gasteiger partial charge in [-0.15, -0.1) is 0 Å². The second kappa shape index (κ2) is 8.33. The lowest BCUT2D eigenvalue weighted by atomic mass is 10.1. The number of nitrogens with zero attached hydrogens (tertiary/aromatic N) is 3. The predicted octanol–water partition coefficient (Wildman–Crippen LogP) is 3.43. The third kappa shape index (κ3) is 4.63. The number of imidazole rings is 1. The Hall–Kier alpha value is -2.03. The molecular formula is C17H16Cl2N4O3S. The van der Waals surface area contributed by atoms with Crippen LogP contribution < -0.4 is 5.56 Å². The van der Waals surface area contributed by atoms with Crippen molar-refractivity contribution in [2.24, 2.45) is 0 Å². The van der Waals surface area contributed by atoms with Gasteiger partial charge < -0.3 is 14.1 Å². The molecule has 1 N–H and O–H groups in total. The molecule has 3 heterocycles. The fourth-order valence-corrected chi connectivity index (χ4v) is 3.52. The molecule has 0 atom stereocenters. The van der Waals surface area contributed by atoms with Crippen LogP contribution in [0.3, 0.4) is 0 Å². The molecule has 142 valence electrons. The van der Waals surface area contributed by atoms with Crippen molar-refractivity contribution in [3.05, 3.63) is 55.8 Å². The number of rotatable bonds is 6. The van der Waals surface area contributed by atoms with Crippen molar-refractivity contribution < 1.29 is 9.53 Å². The molecule has 0 saturated heterocycles. The molecule has 0 spiro atoms. The van der Waals surface area contributed by atoms with E-state index in [1.165, 1.54) is 11.8 Å². The lowest BCUT2D eigenvalue weighted by Crippen LogP contribution is -2.18. The first kappa shape index (κ1) is 19.7. The van der Waals surface area contributed by atoms with Crippen LogP contribution in [0, 0.1) is 6.92 Å². The molecule has 0 bridgehead atoms. The van der Waals surface area contributed by atoms with Crippen molar-refractivity contribution in [2.45, 2.75) is 31.5 Å². The number of hydrogen-bond donors (Lipinski definition) is 1. The van der Waals surface area contributed by atoms with Crippen LogP contribution in [0.25, 0.3) is 5.65 Å². The summed E-state index contributed by atoms with van der Waals surface area (Å²) in [5.41, 5.74) is 1.95. The standard InChI is InChI=1S/C17H16Cl2N4O3S/c1-9-12(16(25)22-17(20-9)27-2)3-4-14(24)26-8-11-7-23-6-10(18)5-13(19)15(23)21-11/h5-7H,3-4,8H2,1-2H3,(H,20,22,25). The van der Waals surface area contributed by atoms with Gasteiger partial charge in [-0.25, -0.2) is 9.97 Å². The van der Waals surface area contributed by atoms with E-state index >= 15 is 0 Å². The van der Waals surface area contributed by atoms with Gasteiger partial charge in [0, 0.05) is 30.1 Å². The molecule has 0 unspecified atom stereocenters. The molecule has 0 radical (unpaired) electrons. The number of esters is 1. The Labute approximate surface area is 169 Å². The molecule has 7 nitrogen and oxygen atoms in total. The maximum atomic E-state index is 12.1. The smallest absolute Gasteiger partial charge is 0.306 e. The summed E-state index contributed by atoms with van der Waals surface area (Å²) in [5.74, 6) is -0.427. The van der Waals surface area contributed by atoms with Crippen LogP contribution >= 0.6 is 35.0 Å². The van der Waals surface area contributed by atoms with Gasteiger partial charge in [0.1, 0.15) is 6.61 Å². The molecule has 27 heavy (non-hydrogen) atoms. The lowest BCUT2D eigenvalue weighted by Gasteiger charge is -2.06. The summed E-state index contributed by atoms with van der Waals surface area (Å²) in [7, 11) is 0. The minimum Gasteiger partial charge on any atom is -0.459 e. The number of pyridine rings is 1. The number of H-pyrrole nitrogens is 1. The van der Waals surface area contributed by atoms with Gasteiger partial charge in [0.15, 0.2) is 10.8 Å². The zero-order chi connectivity index (χ0) is 19.6. The van der Waals surface area contributed by atoms with Gasteiger partial charge in [-0.05, 0) is 25.7 Å². The molecule has 10 heteroatoms. The Morgan fingerprint density at radius 3 is 2.81 bits per heavy atom.